The molecule has 0 aliphatic heterocycles. The first-order valence-electron chi connectivity index (χ1n) is 8.72. The Bertz CT molecular complexity index is 921. The van der Waals surface area contributed by atoms with Gasteiger partial charge in [-0.2, -0.15) is 5.10 Å². The van der Waals surface area contributed by atoms with E-state index < -0.39 is 0 Å². The summed E-state index contributed by atoms with van der Waals surface area (Å²) in [7, 11) is 0. The summed E-state index contributed by atoms with van der Waals surface area (Å²) in [6.07, 6.45) is 7.95. The molecule has 6 nitrogen and oxygen atoms in total. The molecule has 2 N–H and O–H groups in total. The number of amides is 1. The fraction of sp³-hybridized carbons (Fsp3) is 0.250. The van der Waals surface area contributed by atoms with Gasteiger partial charge in [-0.1, -0.05) is 0 Å². The Morgan fingerprint density at radius 3 is 2.92 bits per heavy atom. The van der Waals surface area contributed by atoms with Gasteiger partial charge >= 0.3 is 0 Å². The molecule has 1 aliphatic carbocycles. The molecule has 0 saturated heterocycles. The van der Waals surface area contributed by atoms with Crippen molar-refractivity contribution in [2.24, 2.45) is 0 Å². The van der Waals surface area contributed by atoms with Gasteiger partial charge in [0, 0.05) is 29.3 Å². The molecule has 2 aromatic heterocycles. The highest BCUT2D eigenvalue weighted by molar-refractivity contribution is 5.96. The second-order valence-electron chi connectivity index (χ2n) is 6.50. The van der Waals surface area contributed by atoms with Crippen molar-refractivity contribution < 1.29 is 9.53 Å². The summed E-state index contributed by atoms with van der Waals surface area (Å²) in [5, 5.41) is 10.1. The minimum atomic E-state index is -0.148. The summed E-state index contributed by atoms with van der Waals surface area (Å²) in [6.45, 7) is 1.96. The van der Waals surface area contributed by atoms with E-state index in [1.54, 1.807) is 30.7 Å². The monoisotopic (exact) mass is 348 g/mol. The van der Waals surface area contributed by atoms with Crippen molar-refractivity contribution in [1.29, 1.82) is 0 Å². The highest BCUT2D eigenvalue weighted by Gasteiger charge is 2.28. The molecule has 26 heavy (non-hydrogen) atoms. The predicted octanol–water partition coefficient (Wildman–Crippen LogP) is 3.96. The van der Waals surface area contributed by atoms with Crippen molar-refractivity contribution in [2.45, 2.75) is 32.1 Å². The van der Waals surface area contributed by atoms with Crippen molar-refractivity contribution in [3.8, 4) is 11.5 Å². The lowest BCUT2D eigenvalue weighted by Gasteiger charge is -2.21. The Hall–Kier alpha value is -3.15. The van der Waals surface area contributed by atoms with E-state index in [4.69, 9.17) is 4.74 Å². The number of rotatable bonds is 4. The third-order valence-corrected chi connectivity index (χ3v) is 4.68. The summed E-state index contributed by atoms with van der Waals surface area (Å²) >= 11 is 0. The number of anilines is 1. The summed E-state index contributed by atoms with van der Waals surface area (Å²) in [5.74, 6) is 1.35. The quantitative estimate of drug-likeness (QED) is 0.748. The maximum absolute atomic E-state index is 12.7. The number of aromatic amines is 1. The van der Waals surface area contributed by atoms with Gasteiger partial charge in [0.05, 0.1) is 12.1 Å². The van der Waals surface area contributed by atoms with E-state index in [1.807, 2.05) is 25.1 Å². The Morgan fingerprint density at radius 1 is 1.27 bits per heavy atom. The molecule has 4 rings (SSSR count). The Labute approximate surface area is 151 Å². The van der Waals surface area contributed by atoms with Crippen LogP contribution in [0.1, 0.15) is 35.6 Å². The number of hydrogen-bond donors (Lipinski definition) is 2. The number of nitrogens with one attached hydrogen (secondary N) is 2. The Kier molecular flexibility index (Phi) is 4.39. The van der Waals surface area contributed by atoms with Gasteiger partial charge in [0.1, 0.15) is 11.5 Å². The van der Waals surface area contributed by atoms with Crippen molar-refractivity contribution in [3.05, 3.63) is 65.7 Å². The molecule has 132 valence electrons. The number of carbonyl (C=O) groups is 1. The van der Waals surface area contributed by atoms with E-state index in [9.17, 15) is 4.79 Å². The summed E-state index contributed by atoms with van der Waals surface area (Å²) in [5.41, 5.74) is 3.81. The van der Waals surface area contributed by atoms with E-state index in [1.165, 1.54) is 0 Å². The maximum atomic E-state index is 12.7. The van der Waals surface area contributed by atoms with Crippen LogP contribution in [0.25, 0.3) is 0 Å². The highest BCUT2D eigenvalue weighted by Crippen LogP contribution is 2.32. The van der Waals surface area contributed by atoms with Gasteiger partial charge in [-0.25, -0.2) is 0 Å². The van der Waals surface area contributed by atoms with E-state index in [0.29, 0.717) is 0 Å². The van der Waals surface area contributed by atoms with Crippen LogP contribution in [-0.2, 0) is 11.2 Å². The third-order valence-electron chi connectivity index (χ3n) is 4.68. The first-order valence-corrected chi connectivity index (χ1v) is 8.72. The lowest BCUT2D eigenvalue weighted by Crippen LogP contribution is -2.24. The van der Waals surface area contributed by atoms with Crippen LogP contribution in [0.5, 0.6) is 11.5 Å². The zero-order chi connectivity index (χ0) is 17.9. The molecule has 6 heteroatoms. The number of ether oxygens (including phenoxy) is 1. The fourth-order valence-corrected chi connectivity index (χ4v) is 3.34. The number of benzene rings is 1. The molecule has 2 heterocycles. The SMILES string of the molecule is Cc1cc(NC(=O)[C@H]2CCCc3[nH]ncc32)ccc1Oc1ccncc1. The van der Waals surface area contributed by atoms with E-state index in [2.05, 4.69) is 20.5 Å². The van der Waals surface area contributed by atoms with Crippen LogP contribution in [0.3, 0.4) is 0 Å². The molecule has 1 aromatic carbocycles. The lowest BCUT2D eigenvalue weighted by molar-refractivity contribution is -0.117. The highest BCUT2D eigenvalue weighted by atomic mass is 16.5. The minimum Gasteiger partial charge on any atom is -0.457 e. The first-order chi connectivity index (χ1) is 12.7. The van der Waals surface area contributed by atoms with Gasteiger partial charge in [-0.05, 0) is 62.1 Å². The lowest BCUT2D eigenvalue weighted by atomic mass is 9.86. The number of hydrogen-bond acceptors (Lipinski definition) is 4. The second kappa shape index (κ2) is 7.00. The largest absolute Gasteiger partial charge is 0.457 e. The molecule has 1 aliphatic rings. The average Bonchev–Trinajstić information content (AvgIpc) is 3.13. The number of fused-ring (bicyclic) bond motifs is 1. The number of pyridine rings is 1. The van der Waals surface area contributed by atoms with Crippen LogP contribution in [0.4, 0.5) is 5.69 Å². The van der Waals surface area contributed by atoms with Gasteiger partial charge in [-0.15, -0.1) is 0 Å². The smallest absolute Gasteiger partial charge is 0.232 e. The molecule has 1 amide bonds. The van der Waals surface area contributed by atoms with Crippen LogP contribution < -0.4 is 10.1 Å². The summed E-state index contributed by atoms with van der Waals surface area (Å²) < 4.78 is 5.86. The molecular weight excluding hydrogens is 328 g/mol. The molecule has 0 radical (unpaired) electrons. The molecule has 0 fully saturated rings. The standard InChI is InChI=1S/C20H20N4O2/c1-13-11-14(5-6-19(13)26-15-7-9-21-10-8-15)23-20(25)16-3-2-4-18-17(16)12-22-24-18/h5-12,16H,2-4H2,1H3,(H,22,24)(H,23,25)/t16-/m0/s1. The zero-order valence-electron chi connectivity index (χ0n) is 14.5. The number of nitrogens with zero attached hydrogens (tertiary/aromatic N) is 2. The molecule has 0 spiro atoms. The molecule has 3 aromatic rings. The van der Waals surface area contributed by atoms with Crippen LogP contribution in [0.15, 0.2) is 48.9 Å². The Morgan fingerprint density at radius 2 is 2.12 bits per heavy atom. The van der Waals surface area contributed by atoms with E-state index >= 15 is 0 Å². The molecule has 0 unspecified atom stereocenters. The predicted molar refractivity (Wildman–Crippen MR) is 98.4 cm³/mol. The summed E-state index contributed by atoms with van der Waals surface area (Å²) in [4.78, 5) is 16.7. The van der Waals surface area contributed by atoms with Crippen LogP contribution in [-0.4, -0.2) is 21.1 Å². The van der Waals surface area contributed by atoms with Gasteiger partial charge in [0.2, 0.25) is 5.91 Å². The van der Waals surface area contributed by atoms with Gasteiger partial charge in [0.15, 0.2) is 0 Å². The number of aromatic nitrogens is 3. The van der Waals surface area contributed by atoms with Gasteiger partial charge < -0.3 is 10.1 Å². The Balaban J connectivity index is 1.48. The van der Waals surface area contributed by atoms with Gasteiger partial charge in [-0.3, -0.25) is 14.9 Å². The molecule has 0 saturated carbocycles. The zero-order valence-corrected chi connectivity index (χ0v) is 14.5. The normalized spacial score (nSPS) is 16.0. The summed E-state index contributed by atoms with van der Waals surface area (Å²) in [6, 6.07) is 9.27. The second-order valence-corrected chi connectivity index (χ2v) is 6.50. The van der Waals surface area contributed by atoms with Crippen molar-refractivity contribution in [2.75, 3.05) is 5.32 Å². The number of aryl methyl sites for hydroxylation is 2. The van der Waals surface area contributed by atoms with E-state index in [0.717, 1.165) is 53.3 Å². The maximum Gasteiger partial charge on any atom is 0.232 e. The first kappa shape index (κ1) is 16.3. The topological polar surface area (TPSA) is 79.9 Å². The van der Waals surface area contributed by atoms with Crippen LogP contribution in [0.2, 0.25) is 0 Å². The van der Waals surface area contributed by atoms with Gasteiger partial charge in [0.25, 0.3) is 0 Å². The van der Waals surface area contributed by atoms with Crippen LogP contribution in [0, 0.1) is 6.92 Å². The molecule has 0 bridgehead atoms. The van der Waals surface area contributed by atoms with Crippen molar-refractivity contribution in [1.82, 2.24) is 15.2 Å². The third kappa shape index (κ3) is 3.31. The van der Waals surface area contributed by atoms with Crippen molar-refractivity contribution >= 4 is 11.6 Å². The molecule has 1 atom stereocenters. The number of carbonyl (C=O) groups excluding carboxylic acids is 1. The molecular formula is C20H20N4O2. The van der Waals surface area contributed by atoms with Crippen LogP contribution >= 0.6 is 0 Å². The van der Waals surface area contributed by atoms with Crippen molar-refractivity contribution in [3.63, 3.8) is 0 Å². The number of H-pyrrole nitrogens is 1. The fourth-order valence-electron chi connectivity index (χ4n) is 3.34. The minimum absolute atomic E-state index is 0.00884. The van der Waals surface area contributed by atoms with E-state index in [-0.39, 0.29) is 11.8 Å². The average molecular weight is 348 g/mol.